The molecule has 15 heavy (non-hydrogen) atoms. The molecule has 1 heterocycles. The molecule has 0 bridgehead atoms. The number of rotatable bonds is 5. The number of ether oxygens (including phenoxy) is 1. The first-order valence-corrected chi connectivity index (χ1v) is 6.24. The van der Waals surface area contributed by atoms with Gasteiger partial charge < -0.3 is 9.84 Å². The lowest BCUT2D eigenvalue weighted by Gasteiger charge is -2.36. The Kier molecular flexibility index (Phi) is 4.60. The van der Waals surface area contributed by atoms with Crippen LogP contribution in [0.2, 0.25) is 0 Å². The Balaban J connectivity index is 2.65. The van der Waals surface area contributed by atoms with E-state index in [9.17, 15) is 5.11 Å². The Labute approximate surface area is 94.0 Å². The van der Waals surface area contributed by atoms with Crippen molar-refractivity contribution in [3.05, 3.63) is 0 Å². The van der Waals surface area contributed by atoms with E-state index >= 15 is 0 Å². The van der Waals surface area contributed by atoms with Gasteiger partial charge in [0.15, 0.2) is 0 Å². The highest BCUT2D eigenvalue weighted by atomic mass is 16.5. The van der Waals surface area contributed by atoms with Crippen molar-refractivity contribution >= 4 is 0 Å². The van der Waals surface area contributed by atoms with E-state index in [4.69, 9.17) is 4.74 Å². The normalized spacial score (nSPS) is 23.0. The van der Waals surface area contributed by atoms with Crippen LogP contribution in [0.25, 0.3) is 0 Å². The second kappa shape index (κ2) is 5.31. The van der Waals surface area contributed by atoms with Crippen LogP contribution in [0.1, 0.15) is 47.0 Å². The van der Waals surface area contributed by atoms with Crippen LogP contribution < -0.4 is 0 Å². The third-order valence-electron chi connectivity index (χ3n) is 3.21. The van der Waals surface area contributed by atoms with Gasteiger partial charge in [-0.05, 0) is 31.1 Å². The first kappa shape index (κ1) is 13.0. The van der Waals surface area contributed by atoms with Crippen molar-refractivity contribution in [2.24, 2.45) is 17.8 Å². The Morgan fingerprint density at radius 3 is 2.07 bits per heavy atom. The van der Waals surface area contributed by atoms with Crippen LogP contribution in [0.15, 0.2) is 0 Å². The Hall–Kier alpha value is -0.0800. The summed E-state index contributed by atoms with van der Waals surface area (Å²) in [6.07, 6.45) is 2.83. The van der Waals surface area contributed by atoms with E-state index < -0.39 is 5.60 Å². The van der Waals surface area contributed by atoms with E-state index in [1.54, 1.807) is 0 Å². The van der Waals surface area contributed by atoms with Crippen LogP contribution in [0.4, 0.5) is 0 Å². The topological polar surface area (TPSA) is 29.5 Å². The van der Waals surface area contributed by atoms with Crippen molar-refractivity contribution in [1.82, 2.24) is 0 Å². The van der Waals surface area contributed by atoms with Crippen LogP contribution in [0, 0.1) is 17.8 Å². The number of hydrogen-bond acceptors (Lipinski definition) is 2. The van der Waals surface area contributed by atoms with E-state index in [0.29, 0.717) is 17.8 Å². The van der Waals surface area contributed by atoms with Crippen molar-refractivity contribution in [2.75, 3.05) is 13.2 Å². The Bertz CT molecular complexity index is 171. The average Bonchev–Trinajstić information content (AvgIpc) is 2.51. The van der Waals surface area contributed by atoms with Gasteiger partial charge >= 0.3 is 0 Å². The highest BCUT2D eigenvalue weighted by Crippen LogP contribution is 2.36. The van der Waals surface area contributed by atoms with Crippen molar-refractivity contribution in [2.45, 2.75) is 52.6 Å². The maximum atomic E-state index is 10.8. The van der Waals surface area contributed by atoms with Crippen LogP contribution in [0.3, 0.4) is 0 Å². The van der Waals surface area contributed by atoms with Crippen LogP contribution >= 0.6 is 0 Å². The van der Waals surface area contributed by atoms with Gasteiger partial charge in [0.25, 0.3) is 0 Å². The average molecular weight is 214 g/mol. The summed E-state index contributed by atoms with van der Waals surface area (Å²) in [5, 5.41) is 10.8. The Morgan fingerprint density at radius 1 is 1.20 bits per heavy atom. The minimum atomic E-state index is -0.501. The van der Waals surface area contributed by atoms with Gasteiger partial charge in [-0.3, -0.25) is 0 Å². The minimum Gasteiger partial charge on any atom is -0.389 e. The van der Waals surface area contributed by atoms with E-state index in [2.05, 4.69) is 27.7 Å². The first-order chi connectivity index (χ1) is 6.94. The second-order valence-electron chi connectivity index (χ2n) is 5.86. The summed E-state index contributed by atoms with van der Waals surface area (Å²) in [5.41, 5.74) is -0.501. The molecule has 0 spiro atoms. The zero-order chi connectivity index (χ0) is 11.5. The van der Waals surface area contributed by atoms with Crippen LogP contribution in [-0.4, -0.2) is 23.9 Å². The minimum absolute atomic E-state index is 0.349. The first-order valence-electron chi connectivity index (χ1n) is 6.24. The summed E-state index contributed by atoms with van der Waals surface area (Å²) in [6, 6.07) is 0. The van der Waals surface area contributed by atoms with Crippen molar-refractivity contribution < 1.29 is 9.84 Å². The molecule has 0 aromatic rings. The van der Waals surface area contributed by atoms with Crippen molar-refractivity contribution in [3.8, 4) is 0 Å². The molecule has 1 aliphatic heterocycles. The molecule has 0 aliphatic carbocycles. The molecule has 0 amide bonds. The SMILES string of the molecule is CC(C)CC(O)(CC(C)C)C1CCOC1. The summed E-state index contributed by atoms with van der Waals surface area (Å²) >= 11 is 0. The lowest BCUT2D eigenvalue weighted by atomic mass is 9.75. The summed E-state index contributed by atoms with van der Waals surface area (Å²) < 4.78 is 5.41. The largest absolute Gasteiger partial charge is 0.389 e. The molecule has 1 fully saturated rings. The molecule has 1 N–H and O–H groups in total. The number of aliphatic hydroxyl groups is 1. The van der Waals surface area contributed by atoms with Gasteiger partial charge in [0.05, 0.1) is 12.2 Å². The summed E-state index contributed by atoms with van der Waals surface area (Å²) in [7, 11) is 0. The summed E-state index contributed by atoms with van der Waals surface area (Å²) in [4.78, 5) is 0. The molecule has 1 rings (SSSR count). The smallest absolute Gasteiger partial charge is 0.0703 e. The lowest BCUT2D eigenvalue weighted by molar-refractivity contribution is -0.0537. The molecule has 0 aromatic carbocycles. The third-order valence-corrected chi connectivity index (χ3v) is 3.21. The molecule has 2 heteroatoms. The maximum absolute atomic E-state index is 10.8. The predicted molar refractivity (Wildman–Crippen MR) is 62.8 cm³/mol. The monoisotopic (exact) mass is 214 g/mol. The van der Waals surface area contributed by atoms with Crippen molar-refractivity contribution in [3.63, 3.8) is 0 Å². The fourth-order valence-corrected chi connectivity index (χ4v) is 2.79. The van der Waals surface area contributed by atoms with Crippen molar-refractivity contribution in [1.29, 1.82) is 0 Å². The highest BCUT2D eigenvalue weighted by molar-refractivity contribution is 4.90. The summed E-state index contributed by atoms with van der Waals surface area (Å²) in [5.74, 6) is 1.45. The van der Waals surface area contributed by atoms with E-state index in [-0.39, 0.29) is 0 Å². The Morgan fingerprint density at radius 2 is 1.73 bits per heavy atom. The molecular weight excluding hydrogens is 188 g/mol. The predicted octanol–water partition coefficient (Wildman–Crippen LogP) is 2.85. The van der Waals surface area contributed by atoms with Gasteiger partial charge in [-0.1, -0.05) is 27.7 Å². The fourth-order valence-electron chi connectivity index (χ4n) is 2.79. The number of hydrogen-bond donors (Lipinski definition) is 1. The zero-order valence-electron chi connectivity index (χ0n) is 10.6. The van der Waals surface area contributed by atoms with Gasteiger partial charge in [-0.15, -0.1) is 0 Å². The quantitative estimate of drug-likeness (QED) is 0.762. The molecule has 90 valence electrons. The zero-order valence-corrected chi connectivity index (χ0v) is 10.6. The molecule has 0 saturated carbocycles. The molecular formula is C13H26O2. The molecule has 0 radical (unpaired) electrons. The fraction of sp³-hybridized carbons (Fsp3) is 1.00. The second-order valence-corrected chi connectivity index (χ2v) is 5.86. The van der Waals surface area contributed by atoms with Gasteiger partial charge in [0.1, 0.15) is 0 Å². The highest BCUT2D eigenvalue weighted by Gasteiger charge is 2.39. The molecule has 1 atom stereocenters. The lowest BCUT2D eigenvalue weighted by Crippen LogP contribution is -2.41. The molecule has 2 nitrogen and oxygen atoms in total. The van der Waals surface area contributed by atoms with Crippen LogP contribution in [0.5, 0.6) is 0 Å². The molecule has 0 aromatic heterocycles. The summed E-state index contributed by atoms with van der Waals surface area (Å²) in [6.45, 7) is 10.3. The standard InChI is InChI=1S/C13H26O2/c1-10(2)7-13(14,8-11(3)4)12-5-6-15-9-12/h10-12,14H,5-9H2,1-4H3. The van der Waals surface area contributed by atoms with Gasteiger partial charge in [0.2, 0.25) is 0 Å². The van der Waals surface area contributed by atoms with Crippen LogP contribution in [-0.2, 0) is 4.74 Å². The van der Waals surface area contributed by atoms with Gasteiger partial charge in [-0.25, -0.2) is 0 Å². The molecule has 1 saturated heterocycles. The maximum Gasteiger partial charge on any atom is 0.0703 e. The van der Waals surface area contributed by atoms with E-state index in [0.717, 1.165) is 32.5 Å². The third kappa shape index (κ3) is 3.76. The van der Waals surface area contributed by atoms with Gasteiger partial charge in [-0.2, -0.15) is 0 Å². The van der Waals surface area contributed by atoms with E-state index in [1.807, 2.05) is 0 Å². The molecule has 1 aliphatic rings. The van der Waals surface area contributed by atoms with Gasteiger partial charge in [0, 0.05) is 12.5 Å². The van der Waals surface area contributed by atoms with E-state index in [1.165, 1.54) is 0 Å². The molecule has 1 unspecified atom stereocenters.